The standard InChI is InChI=1S/C8H14O4.C6H10O4/c1-3-8(2,4-6(9)10)5-7(11)12;7-5(8)3-1-2-4-6(9)10/h3-5H2,1-2H3,(H,9,10)(H,11,12);1-4H2,(H,7,8)(H,9,10). The summed E-state index contributed by atoms with van der Waals surface area (Å²) in [5.74, 6) is -3.63. The predicted octanol–water partition coefficient (Wildman–Crippen LogP) is 2.07. The molecule has 0 heterocycles. The predicted molar refractivity (Wildman–Crippen MR) is 76.6 cm³/mol. The van der Waals surface area contributed by atoms with Crippen LogP contribution in [0.1, 0.15) is 58.8 Å². The molecule has 4 N–H and O–H groups in total. The Balaban J connectivity index is 0. The Bertz CT molecular complexity index is 356. The lowest BCUT2D eigenvalue weighted by atomic mass is 9.81. The van der Waals surface area contributed by atoms with Gasteiger partial charge in [-0.05, 0) is 24.7 Å². The first-order chi connectivity index (χ1) is 10.0. The summed E-state index contributed by atoms with van der Waals surface area (Å²) < 4.78 is 0. The molecule has 8 nitrogen and oxygen atoms in total. The van der Waals surface area contributed by atoms with Gasteiger partial charge in [-0.25, -0.2) is 0 Å². The van der Waals surface area contributed by atoms with Crippen molar-refractivity contribution in [3.8, 4) is 0 Å². The van der Waals surface area contributed by atoms with Crippen LogP contribution in [0, 0.1) is 5.41 Å². The van der Waals surface area contributed by atoms with Crippen LogP contribution >= 0.6 is 0 Å². The Morgan fingerprint density at radius 1 is 0.727 bits per heavy atom. The zero-order valence-corrected chi connectivity index (χ0v) is 12.9. The summed E-state index contributed by atoms with van der Waals surface area (Å²) in [5.41, 5.74) is -0.613. The molecule has 0 rings (SSSR count). The van der Waals surface area contributed by atoms with Crippen molar-refractivity contribution in [2.45, 2.75) is 58.8 Å². The quantitative estimate of drug-likeness (QED) is 0.447. The van der Waals surface area contributed by atoms with Crippen LogP contribution in [0.4, 0.5) is 0 Å². The van der Waals surface area contributed by atoms with Gasteiger partial charge in [0.05, 0.1) is 12.8 Å². The molecule has 0 bridgehead atoms. The van der Waals surface area contributed by atoms with Crippen LogP contribution in [0.3, 0.4) is 0 Å². The van der Waals surface area contributed by atoms with E-state index in [9.17, 15) is 19.2 Å². The molecular weight excluding hydrogens is 296 g/mol. The van der Waals surface area contributed by atoms with Crippen molar-refractivity contribution in [3.63, 3.8) is 0 Å². The summed E-state index contributed by atoms with van der Waals surface area (Å²) >= 11 is 0. The highest BCUT2D eigenvalue weighted by Crippen LogP contribution is 2.29. The van der Waals surface area contributed by atoms with Crippen molar-refractivity contribution in [2.24, 2.45) is 5.41 Å². The van der Waals surface area contributed by atoms with Gasteiger partial charge in [-0.1, -0.05) is 13.8 Å². The van der Waals surface area contributed by atoms with Gasteiger partial charge < -0.3 is 20.4 Å². The number of unbranched alkanes of at least 4 members (excludes halogenated alkanes) is 1. The Morgan fingerprint density at radius 2 is 1.05 bits per heavy atom. The van der Waals surface area contributed by atoms with Gasteiger partial charge in [0.1, 0.15) is 0 Å². The van der Waals surface area contributed by atoms with E-state index in [0.29, 0.717) is 19.3 Å². The fraction of sp³-hybridized carbons (Fsp3) is 0.714. The van der Waals surface area contributed by atoms with Gasteiger partial charge in [0.25, 0.3) is 0 Å². The van der Waals surface area contributed by atoms with Gasteiger partial charge in [-0.2, -0.15) is 0 Å². The molecule has 0 aromatic heterocycles. The third kappa shape index (κ3) is 15.9. The molecule has 0 fully saturated rings. The topological polar surface area (TPSA) is 149 Å². The van der Waals surface area contributed by atoms with Crippen molar-refractivity contribution in [1.82, 2.24) is 0 Å². The maximum Gasteiger partial charge on any atom is 0.303 e. The molecule has 0 aliphatic heterocycles. The number of hydrogen-bond acceptors (Lipinski definition) is 4. The summed E-state index contributed by atoms with van der Waals surface area (Å²) in [5, 5.41) is 33.3. The highest BCUT2D eigenvalue weighted by Gasteiger charge is 2.28. The summed E-state index contributed by atoms with van der Waals surface area (Å²) in [6.45, 7) is 3.47. The smallest absolute Gasteiger partial charge is 0.303 e. The van der Waals surface area contributed by atoms with Crippen LogP contribution in [-0.4, -0.2) is 44.3 Å². The third-order valence-corrected chi connectivity index (χ3v) is 3.04. The average molecular weight is 320 g/mol. The van der Waals surface area contributed by atoms with Gasteiger partial charge >= 0.3 is 23.9 Å². The average Bonchev–Trinajstić information content (AvgIpc) is 2.33. The Kier molecular flexibility index (Phi) is 11.6. The highest BCUT2D eigenvalue weighted by molar-refractivity contribution is 5.71. The lowest BCUT2D eigenvalue weighted by Crippen LogP contribution is -2.23. The van der Waals surface area contributed by atoms with E-state index in [0.717, 1.165) is 0 Å². The Morgan fingerprint density at radius 3 is 1.23 bits per heavy atom. The number of carboxylic acids is 4. The van der Waals surface area contributed by atoms with Crippen LogP contribution in [0.15, 0.2) is 0 Å². The van der Waals surface area contributed by atoms with Gasteiger partial charge in [0.15, 0.2) is 0 Å². The minimum atomic E-state index is -0.944. The van der Waals surface area contributed by atoms with E-state index >= 15 is 0 Å². The molecule has 22 heavy (non-hydrogen) atoms. The largest absolute Gasteiger partial charge is 0.481 e. The van der Waals surface area contributed by atoms with Crippen LogP contribution < -0.4 is 0 Å². The van der Waals surface area contributed by atoms with E-state index in [2.05, 4.69) is 0 Å². The van der Waals surface area contributed by atoms with Crippen molar-refractivity contribution in [2.75, 3.05) is 0 Å². The van der Waals surface area contributed by atoms with E-state index in [1.165, 1.54) is 0 Å². The number of aliphatic carboxylic acids is 4. The lowest BCUT2D eigenvalue weighted by molar-refractivity contribution is -0.143. The van der Waals surface area contributed by atoms with E-state index in [4.69, 9.17) is 20.4 Å². The normalized spacial score (nSPS) is 10.3. The maximum atomic E-state index is 10.4. The summed E-state index contributed by atoms with van der Waals surface area (Å²) in [4.78, 5) is 40.5. The SMILES string of the molecule is CCC(C)(CC(=O)O)CC(=O)O.O=C(O)CCCCC(=O)O. The molecule has 8 heteroatoms. The zero-order valence-electron chi connectivity index (χ0n) is 12.9. The molecular formula is C14H24O8. The summed E-state index contributed by atoms with van der Waals surface area (Å²) in [6.07, 6.45) is 1.40. The fourth-order valence-electron chi connectivity index (χ4n) is 1.60. The van der Waals surface area contributed by atoms with Gasteiger partial charge in [-0.15, -0.1) is 0 Å². The molecule has 0 unspecified atom stereocenters. The third-order valence-electron chi connectivity index (χ3n) is 3.04. The maximum absolute atomic E-state index is 10.4. The van der Waals surface area contributed by atoms with Crippen LogP contribution in [0.25, 0.3) is 0 Å². The molecule has 0 aliphatic carbocycles. The molecule has 0 aliphatic rings. The van der Waals surface area contributed by atoms with E-state index in [-0.39, 0.29) is 25.7 Å². The Labute approximate surface area is 128 Å². The zero-order chi connectivity index (χ0) is 17.8. The van der Waals surface area contributed by atoms with E-state index in [1.807, 2.05) is 0 Å². The number of hydrogen-bond donors (Lipinski definition) is 4. The van der Waals surface area contributed by atoms with Crippen molar-refractivity contribution < 1.29 is 39.6 Å². The summed E-state index contributed by atoms with van der Waals surface area (Å²) in [6, 6.07) is 0. The minimum absolute atomic E-state index is 0.0628. The molecule has 0 saturated carbocycles. The van der Waals surface area contributed by atoms with Crippen molar-refractivity contribution in [3.05, 3.63) is 0 Å². The molecule has 0 aromatic carbocycles. The van der Waals surface area contributed by atoms with Crippen molar-refractivity contribution in [1.29, 1.82) is 0 Å². The van der Waals surface area contributed by atoms with E-state index < -0.39 is 29.3 Å². The second-order valence-electron chi connectivity index (χ2n) is 5.30. The monoisotopic (exact) mass is 320 g/mol. The van der Waals surface area contributed by atoms with Crippen molar-refractivity contribution >= 4 is 23.9 Å². The van der Waals surface area contributed by atoms with Gasteiger partial charge in [0, 0.05) is 12.8 Å². The molecule has 128 valence electrons. The number of carbonyl (C=O) groups is 4. The van der Waals surface area contributed by atoms with E-state index in [1.54, 1.807) is 13.8 Å². The van der Waals surface area contributed by atoms with Crippen LogP contribution in [-0.2, 0) is 19.2 Å². The molecule has 0 amide bonds. The number of carboxylic acid groups (broad SMARTS) is 4. The first kappa shape index (κ1) is 22.2. The second kappa shape index (κ2) is 11.5. The molecule has 0 radical (unpaired) electrons. The molecule has 0 aromatic rings. The van der Waals surface area contributed by atoms with Crippen LogP contribution in [0.2, 0.25) is 0 Å². The summed E-state index contributed by atoms with van der Waals surface area (Å²) in [7, 11) is 0. The highest BCUT2D eigenvalue weighted by atomic mass is 16.4. The molecule has 0 saturated heterocycles. The molecule has 0 spiro atoms. The minimum Gasteiger partial charge on any atom is -0.481 e. The van der Waals surface area contributed by atoms with Crippen LogP contribution in [0.5, 0.6) is 0 Å². The lowest BCUT2D eigenvalue weighted by Gasteiger charge is -2.23. The first-order valence-corrected chi connectivity index (χ1v) is 6.89. The first-order valence-electron chi connectivity index (χ1n) is 6.89. The Hall–Kier alpha value is -2.12. The second-order valence-corrected chi connectivity index (χ2v) is 5.30. The van der Waals surface area contributed by atoms with Gasteiger partial charge in [0.2, 0.25) is 0 Å². The number of rotatable bonds is 10. The van der Waals surface area contributed by atoms with Gasteiger partial charge in [-0.3, -0.25) is 19.2 Å². The fourth-order valence-corrected chi connectivity index (χ4v) is 1.60. The molecule has 0 atom stereocenters.